The lowest BCUT2D eigenvalue weighted by Crippen LogP contribution is -2.14. The van der Waals surface area contributed by atoms with E-state index in [1.807, 2.05) is 75.4 Å². The average Bonchev–Trinajstić information content (AvgIpc) is 1.56. The van der Waals surface area contributed by atoms with Crippen molar-refractivity contribution in [3.63, 3.8) is 0 Å². The number of aromatic nitrogens is 18. The van der Waals surface area contributed by atoms with E-state index in [9.17, 15) is 29.0 Å². The van der Waals surface area contributed by atoms with Gasteiger partial charge in [0.15, 0.2) is 0 Å². The Morgan fingerprint density at radius 1 is 0.371 bits per heavy atom. The maximum Gasteiger partial charge on any atom is 0.249 e. The van der Waals surface area contributed by atoms with E-state index < -0.39 is 35.6 Å². The van der Waals surface area contributed by atoms with E-state index in [0.717, 1.165) is 0 Å². The first kappa shape index (κ1) is 68.6. The van der Waals surface area contributed by atoms with E-state index >= 15 is 0 Å². The molecule has 15 rings (SSSR count). The number of pyridine rings is 6. The third-order valence-electron chi connectivity index (χ3n) is 16.2. The number of nitrogen functional groups attached to an aromatic ring is 3. The van der Waals surface area contributed by atoms with Crippen LogP contribution in [0.25, 0.3) is 101 Å². The van der Waals surface area contributed by atoms with Crippen molar-refractivity contribution < 1.29 is 26.4 Å². The summed E-state index contributed by atoms with van der Waals surface area (Å²) in [7, 11) is 0. The van der Waals surface area contributed by atoms with E-state index in [0.29, 0.717) is 118 Å². The fraction of sp³-hybridized carbons (Fsp3) is 0.125. The highest BCUT2D eigenvalue weighted by molar-refractivity contribution is 6.03. The SMILES string of the molecule is Cc1nnc(-c2c(-c3ccccn3)c(C(C)Nc3ncnc(N)c3C#N)nc3ccc(F)cc23)o1.Cc1nnc(-c2c(-c3ccccn3)c([C@@H](C)Nc3ncnc(N)c3C#N)nc3ccc(F)cc23)o1.Cc1nnc(-c2c(-c3ccccn3)c([C@H](C)Nc3ncnc(N)c3C#N)nc3ccc(F)cc23)o1. The van der Waals surface area contributed by atoms with Gasteiger partial charge in [-0.3, -0.25) is 15.0 Å². The lowest BCUT2D eigenvalue weighted by molar-refractivity contribution is 0.532. The summed E-state index contributed by atoms with van der Waals surface area (Å²) in [6.07, 6.45) is 8.76. The molecule has 0 spiro atoms. The zero-order chi connectivity index (χ0) is 73.6. The summed E-state index contributed by atoms with van der Waals surface area (Å²) in [5.41, 5.74) is 26.1. The Labute approximate surface area is 592 Å². The zero-order valence-corrected chi connectivity index (χ0v) is 56.1. The van der Waals surface area contributed by atoms with Crippen molar-refractivity contribution in [2.45, 2.75) is 59.7 Å². The summed E-state index contributed by atoms with van der Waals surface area (Å²) >= 11 is 0. The molecule has 0 amide bonds. The normalized spacial score (nSPS) is 11.8. The van der Waals surface area contributed by atoms with Gasteiger partial charge in [-0.15, -0.1) is 30.6 Å². The van der Waals surface area contributed by atoms with E-state index in [1.165, 1.54) is 55.4 Å². The van der Waals surface area contributed by atoms with Gasteiger partial charge < -0.3 is 46.4 Å². The summed E-state index contributed by atoms with van der Waals surface area (Å²) in [5, 5.41) is 64.2. The van der Waals surface area contributed by atoms with Crippen LogP contribution in [0.3, 0.4) is 0 Å². The minimum Gasteiger partial charge on any atom is -0.421 e. The zero-order valence-electron chi connectivity index (χ0n) is 56.1. The van der Waals surface area contributed by atoms with Crippen LogP contribution < -0.4 is 33.2 Å². The smallest absolute Gasteiger partial charge is 0.249 e. The summed E-state index contributed by atoms with van der Waals surface area (Å²) in [6, 6.07) is 33.8. The summed E-state index contributed by atoms with van der Waals surface area (Å²) in [5.74, 6) is 1.36. The Balaban J connectivity index is 0.000000140. The van der Waals surface area contributed by atoms with Crippen LogP contribution in [0.5, 0.6) is 0 Å². The predicted molar refractivity (Wildman–Crippen MR) is 378 cm³/mol. The molecule has 3 aromatic carbocycles. The molecule has 516 valence electrons. The van der Waals surface area contributed by atoms with Gasteiger partial charge in [-0.25, -0.2) is 58.0 Å². The van der Waals surface area contributed by atoms with Gasteiger partial charge in [-0.1, -0.05) is 18.2 Å². The summed E-state index contributed by atoms with van der Waals surface area (Å²) in [4.78, 5) is 52.3. The molecule has 0 aliphatic carbocycles. The van der Waals surface area contributed by atoms with Gasteiger partial charge in [0.2, 0.25) is 35.3 Å². The van der Waals surface area contributed by atoms with Crippen molar-refractivity contribution in [2.75, 3.05) is 33.2 Å². The van der Waals surface area contributed by atoms with Crippen LogP contribution in [0.4, 0.5) is 48.1 Å². The van der Waals surface area contributed by atoms with Gasteiger partial charge in [-0.05, 0) is 112 Å². The molecule has 30 nitrogen and oxygen atoms in total. The van der Waals surface area contributed by atoms with Gasteiger partial charge in [0.1, 0.15) is 106 Å². The molecule has 3 atom stereocenters. The molecular formula is C72H54F3N27O3. The van der Waals surface area contributed by atoms with Crippen LogP contribution in [0.2, 0.25) is 0 Å². The van der Waals surface area contributed by atoms with Crippen molar-refractivity contribution in [2.24, 2.45) is 0 Å². The topological polar surface area (TPSA) is 457 Å². The minimum atomic E-state index is -0.495. The van der Waals surface area contributed by atoms with E-state index in [-0.39, 0.29) is 69.3 Å². The van der Waals surface area contributed by atoms with Crippen LogP contribution >= 0.6 is 0 Å². The van der Waals surface area contributed by atoms with Gasteiger partial charge in [0.25, 0.3) is 0 Å². The van der Waals surface area contributed by atoms with Crippen LogP contribution in [0, 0.1) is 72.2 Å². The van der Waals surface area contributed by atoms with Crippen molar-refractivity contribution in [1.82, 2.24) is 90.4 Å². The number of rotatable bonds is 15. The molecule has 0 bridgehead atoms. The number of anilines is 6. The summed E-state index contributed by atoms with van der Waals surface area (Å²) in [6.45, 7) is 10.6. The second-order valence-corrected chi connectivity index (χ2v) is 23.1. The molecule has 0 aliphatic heterocycles. The van der Waals surface area contributed by atoms with Crippen molar-refractivity contribution in [3.8, 4) is 86.3 Å². The molecule has 0 fully saturated rings. The Kier molecular flexibility index (Phi) is 19.3. The Bertz CT molecular complexity index is 5360. The van der Waals surface area contributed by atoms with Gasteiger partial charge in [0, 0.05) is 72.2 Å². The van der Waals surface area contributed by atoms with Gasteiger partial charge >= 0.3 is 0 Å². The second kappa shape index (κ2) is 29.5. The van der Waals surface area contributed by atoms with Gasteiger partial charge in [-0.2, -0.15) is 15.8 Å². The molecule has 33 heteroatoms. The minimum absolute atomic E-state index is 0.0612. The number of halogens is 3. The first-order valence-corrected chi connectivity index (χ1v) is 31.7. The standard InChI is InChI=1S/3C24H18FN9O/c3*1-12(31-23-16(10-26)22(27)29-11-30-23)21-20(18-5-3-4-8-28-18)19(24-34-33-13(2)35-24)15-9-14(25)6-7-17(15)32-21/h3*3-9,11-12H,1-2H3,(H3,27,29,30,31)/t2*12-;/m10./s1. The second-order valence-electron chi connectivity index (χ2n) is 23.1. The third kappa shape index (κ3) is 14.1. The number of hydrogen-bond donors (Lipinski definition) is 6. The number of fused-ring (bicyclic) bond motifs is 3. The van der Waals surface area contributed by atoms with Crippen LogP contribution in [-0.2, 0) is 0 Å². The van der Waals surface area contributed by atoms with Crippen molar-refractivity contribution >= 4 is 67.6 Å². The van der Waals surface area contributed by atoms with Gasteiger partial charge in [0.05, 0.1) is 85.5 Å². The number of nitrogens with zero attached hydrogens (tertiary/aromatic N) is 21. The maximum absolute atomic E-state index is 14.4. The lowest BCUT2D eigenvalue weighted by atomic mass is 9.94. The van der Waals surface area contributed by atoms with Crippen LogP contribution in [-0.4, -0.2) is 90.4 Å². The molecule has 12 aromatic heterocycles. The number of hydrogen-bond acceptors (Lipinski definition) is 30. The van der Waals surface area contributed by atoms with E-state index in [4.69, 9.17) is 45.4 Å². The summed E-state index contributed by atoms with van der Waals surface area (Å²) < 4.78 is 60.4. The fourth-order valence-electron chi connectivity index (χ4n) is 11.5. The molecule has 0 saturated heterocycles. The van der Waals surface area contributed by atoms with Crippen molar-refractivity contribution in [1.29, 1.82) is 15.8 Å². The Morgan fingerprint density at radius 3 is 0.895 bits per heavy atom. The highest BCUT2D eigenvalue weighted by Gasteiger charge is 2.31. The highest BCUT2D eigenvalue weighted by atomic mass is 19.1. The fourth-order valence-corrected chi connectivity index (χ4v) is 11.5. The molecule has 1 unspecified atom stereocenters. The largest absolute Gasteiger partial charge is 0.421 e. The molecule has 9 N–H and O–H groups in total. The lowest BCUT2D eigenvalue weighted by Gasteiger charge is -2.21. The molecular weight excluding hydrogens is 1350 g/mol. The van der Waals surface area contributed by atoms with E-state index in [1.54, 1.807) is 75.8 Å². The van der Waals surface area contributed by atoms with Crippen LogP contribution in [0.15, 0.2) is 160 Å². The first-order chi connectivity index (χ1) is 50.9. The molecule has 12 heterocycles. The Morgan fingerprint density at radius 2 is 0.657 bits per heavy atom. The predicted octanol–water partition coefficient (Wildman–Crippen LogP) is 12.6. The monoisotopic (exact) mass is 1400 g/mol. The number of nitrogens with two attached hydrogens (primary N) is 3. The van der Waals surface area contributed by atoms with E-state index in [2.05, 4.69) is 91.4 Å². The third-order valence-corrected chi connectivity index (χ3v) is 16.2. The maximum atomic E-state index is 14.4. The Hall–Kier alpha value is -14.9. The quantitative estimate of drug-likeness (QED) is 0.0555. The average molecular weight is 1400 g/mol. The molecule has 105 heavy (non-hydrogen) atoms. The number of benzene rings is 3. The number of nitriles is 3. The molecule has 0 aliphatic rings. The number of aryl methyl sites for hydroxylation is 3. The first-order valence-electron chi connectivity index (χ1n) is 31.7. The van der Waals surface area contributed by atoms with Crippen LogP contribution in [0.1, 0.15) is 90.3 Å². The number of nitrogens with one attached hydrogen (secondary N) is 3. The molecule has 0 saturated carbocycles. The molecule has 15 aromatic rings. The highest BCUT2D eigenvalue weighted by Crippen LogP contribution is 2.45. The molecule has 0 radical (unpaired) electrons. The van der Waals surface area contributed by atoms with Crippen molar-refractivity contribution in [3.05, 3.63) is 216 Å².